The maximum atomic E-state index is 5.45. The third-order valence-electron chi connectivity index (χ3n) is 3.31. The van der Waals surface area contributed by atoms with E-state index in [9.17, 15) is 0 Å². The normalized spacial score (nSPS) is 17.1. The van der Waals surface area contributed by atoms with Crippen LogP contribution in [0.25, 0.3) is 0 Å². The van der Waals surface area contributed by atoms with Crippen LogP contribution in [-0.4, -0.2) is 23.4 Å². The van der Waals surface area contributed by atoms with Gasteiger partial charge in [0.25, 0.3) is 0 Å². The Morgan fingerprint density at radius 3 is 2.82 bits per heavy atom. The monoisotopic (exact) mass is 237 g/mol. The molecule has 4 heteroatoms. The molecule has 17 heavy (non-hydrogen) atoms. The Balaban J connectivity index is 2.27. The minimum Gasteiger partial charge on any atom is -0.493 e. The molecular formula is C13H23N3O. The number of aromatic nitrogens is 2. The maximum absolute atomic E-state index is 5.45. The molecule has 0 radical (unpaired) electrons. The third-order valence-corrected chi connectivity index (χ3v) is 3.31. The number of rotatable bonds is 7. The molecule has 2 rings (SSSR count). The molecule has 1 fully saturated rings. The minimum atomic E-state index is 0.406. The predicted octanol–water partition coefficient (Wildman–Crippen LogP) is 2.36. The second kappa shape index (κ2) is 5.54. The molecule has 0 aromatic carbocycles. The summed E-state index contributed by atoms with van der Waals surface area (Å²) in [7, 11) is 1.73. The number of methoxy groups -OCH3 is 1. The van der Waals surface area contributed by atoms with Crippen molar-refractivity contribution in [3.63, 3.8) is 0 Å². The molecular weight excluding hydrogens is 214 g/mol. The highest BCUT2D eigenvalue weighted by Gasteiger charge is 2.35. The van der Waals surface area contributed by atoms with Crippen LogP contribution in [0, 0.1) is 5.92 Å². The van der Waals surface area contributed by atoms with Crippen LogP contribution in [0.3, 0.4) is 0 Å². The standard InChI is InChI=1S/C13H23N3O/c1-4-8-16-13(11(17-3)9-15-16)12(14-5-2)10-6-7-10/h9-10,12,14H,4-8H2,1-3H3. The second-order valence-corrected chi connectivity index (χ2v) is 4.69. The van der Waals surface area contributed by atoms with Gasteiger partial charge >= 0.3 is 0 Å². The fourth-order valence-electron chi connectivity index (χ4n) is 2.37. The number of ether oxygens (including phenoxy) is 1. The summed E-state index contributed by atoms with van der Waals surface area (Å²) in [6.07, 6.45) is 5.58. The molecule has 0 bridgehead atoms. The molecule has 1 aromatic rings. The van der Waals surface area contributed by atoms with Gasteiger partial charge in [0.15, 0.2) is 5.75 Å². The smallest absolute Gasteiger partial charge is 0.161 e. The van der Waals surface area contributed by atoms with Crippen molar-refractivity contribution in [3.05, 3.63) is 11.9 Å². The van der Waals surface area contributed by atoms with Crippen LogP contribution in [0.1, 0.15) is 44.8 Å². The molecule has 96 valence electrons. The molecule has 4 nitrogen and oxygen atoms in total. The summed E-state index contributed by atoms with van der Waals surface area (Å²) in [6.45, 7) is 6.29. The Morgan fingerprint density at radius 2 is 2.29 bits per heavy atom. The van der Waals surface area contributed by atoms with Crippen molar-refractivity contribution in [3.8, 4) is 5.75 Å². The van der Waals surface area contributed by atoms with Gasteiger partial charge in [0.05, 0.1) is 25.0 Å². The van der Waals surface area contributed by atoms with Crippen molar-refractivity contribution in [1.82, 2.24) is 15.1 Å². The molecule has 1 aromatic heterocycles. The lowest BCUT2D eigenvalue weighted by Crippen LogP contribution is -2.26. The molecule has 1 heterocycles. The molecule has 1 N–H and O–H groups in total. The minimum absolute atomic E-state index is 0.406. The second-order valence-electron chi connectivity index (χ2n) is 4.69. The Kier molecular flexibility index (Phi) is 4.05. The zero-order chi connectivity index (χ0) is 12.3. The van der Waals surface area contributed by atoms with Crippen LogP contribution < -0.4 is 10.1 Å². The average molecular weight is 237 g/mol. The van der Waals surface area contributed by atoms with E-state index in [0.29, 0.717) is 6.04 Å². The topological polar surface area (TPSA) is 39.1 Å². The van der Waals surface area contributed by atoms with E-state index < -0.39 is 0 Å². The molecule has 1 saturated carbocycles. The summed E-state index contributed by atoms with van der Waals surface area (Å²) in [6, 6.07) is 0.406. The SMILES string of the molecule is CCCn1ncc(OC)c1C(NCC)C1CC1. The van der Waals surface area contributed by atoms with Gasteiger partial charge in [-0.3, -0.25) is 4.68 Å². The summed E-state index contributed by atoms with van der Waals surface area (Å²) in [5.74, 6) is 1.69. The number of aryl methyl sites for hydroxylation is 1. The van der Waals surface area contributed by atoms with E-state index in [2.05, 4.69) is 28.9 Å². The number of hydrogen-bond acceptors (Lipinski definition) is 3. The van der Waals surface area contributed by atoms with E-state index in [4.69, 9.17) is 4.74 Å². The predicted molar refractivity (Wildman–Crippen MR) is 68.2 cm³/mol. The summed E-state index contributed by atoms with van der Waals surface area (Å²) < 4.78 is 7.56. The summed E-state index contributed by atoms with van der Waals surface area (Å²) >= 11 is 0. The Hall–Kier alpha value is -1.03. The molecule has 0 saturated heterocycles. The molecule has 1 aliphatic rings. The highest BCUT2D eigenvalue weighted by Crippen LogP contribution is 2.43. The summed E-state index contributed by atoms with van der Waals surface area (Å²) in [4.78, 5) is 0. The van der Waals surface area contributed by atoms with Crippen molar-refractivity contribution in [2.45, 2.75) is 45.7 Å². The molecule has 0 spiro atoms. The first-order valence-corrected chi connectivity index (χ1v) is 6.64. The van der Waals surface area contributed by atoms with Crippen LogP contribution in [0.4, 0.5) is 0 Å². The molecule has 1 atom stereocenters. The van der Waals surface area contributed by atoms with Crippen LogP contribution in [-0.2, 0) is 6.54 Å². The van der Waals surface area contributed by atoms with Crippen LogP contribution in [0.15, 0.2) is 6.20 Å². The highest BCUT2D eigenvalue weighted by atomic mass is 16.5. The van der Waals surface area contributed by atoms with E-state index in [1.165, 1.54) is 18.5 Å². The van der Waals surface area contributed by atoms with Crippen LogP contribution in [0.2, 0.25) is 0 Å². The summed E-state index contributed by atoms with van der Waals surface area (Å²) in [5, 5.41) is 8.02. The third kappa shape index (κ3) is 2.63. The van der Waals surface area contributed by atoms with E-state index in [1.807, 2.05) is 6.20 Å². The van der Waals surface area contributed by atoms with Gasteiger partial charge in [0, 0.05) is 6.54 Å². The van der Waals surface area contributed by atoms with E-state index >= 15 is 0 Å². The fraction of sp³-hybridized carbons (Fsp3) is 0.769. The van der Waals surface area contributed by atoms with Crippen molar-refractivity contribution >= 4 is 0 Å². The summed E-state index contributed by atoms with van der Waals surface area (Å²) in [5.41, 5.74) is 1.23. The fourth-order valence-corrected chi connectivity index (χ4v) is 2.37. The van der Waals surface area contributed by atoms with Gasteiger partial charge in [-0.1, -0.05) is 13.8 Å². The van der Waals surface area contributed by atoms with E-state index in [1.54, 1.807) is 7.11 Å². The highest BCUT2D eigenvalue weighted by molar-refractivity contribution is 5.29. The van der Waals surface area contributed by atoms with Gasteiger partial charge in [0.2, 0.25) is 0 Å². The number of nitrogens with zero attached hydrogens (tertiary/aromatic N) is 2. The van der Waals surface area contributed by atoms with Crippen molar-refractivity contribution in [2.75, 3.05) is 13.7 Å². The zero-order valence-electron chi connectivity index (χ0n) is 11.1. The van der Waals surface area contributed by atoms with Gasteiger partial charge in [-0.15, -0.1) is 0 Å². The van der Waals surface area contributed by atoms with E-state index in [-0.39, 0.29) is 0 Å². The first kappa shape index (κ1) is 12.4. The largest absolute Gasteiger partial charge is 0.493 e. The first-order chi connectivity index (χ1) is 8.31. The maximum Gasteiger partial charge on any atom is 0.161 e. The van der Waals surface area contributed by atoms with Crippen LogP contribution >= 0.6 is 0 Å². The Bertz CT molecular complexity index is 358. The Morgan fingerprint density at radius 1 is 1.53 bits per heavy atom. The van der Waals surface area contributed by atoms with Gasteiger partial charge in [-0.2, -0.15) is 5.10 Å². The van der Waals surface area contributed by atoms with E-state index in [0.717, 1.165) is 31.2 Å². The van der Waals surface area contributed by atoms with Crippen molar-refractivity contribution in [1.29, 1.82) is 0 Å². The molecule has 1 aliphatic carbocycles. The number of nitrogens with one attached hydrogen (secondary N) is 1. The first-order valence-electron chi connectivity index (χ1n) is 6.64. The quantitative estimate of drug-likeness (QED) is 0.791. The molecule has 0 aliphatic heterocycles. The Labute approximate surface area is 103 Å². The molecule has 1 unspecified atom stereocenters. The zero-order valence-corrected chi connectivity index (χ0v) is 11.1. The lowest BCUT2D eigenvalue weighted by Gasteiger charge is -2.20. The van der Waals surface area contributed by atoms with Crippen molar-refractivity contribution < 1.29 is 4.74 Å². The number of hydrogen-bond donors (Lipinski definition) is 1. The lowest BCUT2D eigenvalue weighted by molar-refractivity contribution is 0.380. The van der Waals surface area contributed by atoms with Gasteiger partial charge in [-0.25, -0.2) is 0 Å². The van der Waals surface area contributed by atoms with Gasteiger partial charge in [-0.05, 0) is 31.7 Å². The lowest BCUT2D eigenvalue weighted by atomic mass is 10.1. The average Bonchev–Trinajstić information content (AvgIpc) is 3.09. The van der Waals surface area contributed by atoms with Crippen LogP contribution in [0.5, 0.6) is 5.75 Å². The van der Waals surface area contributed by atoms with Crippen molar-refractivity contribution in [2.24, 2.45) is 5.92 Å². The molecule has 0 amide bonds. The van der Waals surface area contributed by atoms with Gasteiger partial charge < -0.3 is 10.1 Å². The van der Waals surface area contributed by atoms with Gasteiger partial charge in [0.1, 0.15) is 0 Å².